The summed E-state index contributed by atoms with van der Waals surface area (Å²) in [6.45, 7) is 6.33. The minimum atomic E-state index is -0.103. The molecule has 1 aliphatic rings. The Labute approximate surface area is 129 Å². The Morgan fingerprint density at radius 1 is 1.36 bits per heavy atom. The molecule has 3 rings (SSSR count). The van der Waals surface area contributed by atoms with Crippen LogP contribution in [0.1, 0.15) is 46.0 Å². The molecule has 0 bridgehead atoms. The number of methoxy groups -OCH3 is 1. The summed E-state index contributed by atoms with van der Waals surface area (Å²) in [5, 5.41) is 0. The lowest BCUT2D eigenvalue weighted by Crippen LogP contribution is -2.32. The second kappa shape index (κ2) is 5.57. The third kappa shape index (κ3) is 2.52. The lowest BCUT2D eigenvalue weighted by atomic mass is 10.2. The topological polar surface area (TPSA) is 86.9 Å². The average Bonchev–Trinajstić information content (AvgIpc) is 3.18. The highest BCUT2D eigenvalue weighted by Crippen LogP contribution is 2.33. The first-order valence-corrected chi connectivity index (χ1v) is 7.38. The van der Waals surface area contributed by atoms with Crippen molar-refractivity contribution in [1.82, 2.24) is 24.8 Å². The Morgan fingerprint density at radius 2 is 2.14 bits per heavy atom. The highest BCUT2D eigenvalue weighted by Gasteiger charge is 2.39. The molecule has 2 aromatic heterocycles. The van der Waals surface area contributed by atoms with E-state index in [-0.39, 0.29) is 18.1 Å². The minimum Gasteiger partial charge on any atom is -0.380 e. The number of hydrogen-bond acceptors (Lipinski definition) is 4. The van der Waals surface area contributed by atoms with Crippen molar-refractivity contribution in [2.45, 2.75) is 39.3 Å². The molecule has 0 aromatic carbocycles. The van der Waals surface area contributed by atoms with Crippen LogP contribution in [0.2, 0.25) is 0 Å². The van der Waals surface area contributed by atoms with Crippen molar-refractivity contribution in [2.24, 2.45) is 0 Å². The summed E-state index contributed by atoms with van der Waals surface area (Å²) in [6, 6.07) is -0.103. The van der Waals surface area contributed by atoms with Gasteiger partial charge < -0.3 is 19.6 Å². The van der Waals surface area contributed by atoms with Crippen LogP contribution in [0.3, 0.4) is 0 Å². The number of aromatic amines is 2. The highest BCUT2D eigenvalue weighted by molar-refractivity contribution is 5.92. The van der Waals surface area contributed by atoms with E-state index in [0.29, 0.717) is 12.2 Å². The largest absolute Gasteiger partial charge is 0.380 e. The van der Waals surface area contributed by atoms with E-state index in [1.165, 1.54) is 0 Å². The van der Waals surface area contributed by atoms with Gasteiger partial charge in [-0.05, 0) is 20.8 Å². The second-order valence-corrected chi connectivity index (χ2v) is 5.78. The van der Waals surface area contributed by atoms with Gasteiger partial charge in [0.15, 0.2) is 0 Å². The van der Waals surface area contributed by atoms with Gasteiger partial charge in [0.1, 0.15) is 17.3 Å². The summed E-state index contributed by atoms with van der Waals surface area (Å²) in [4.78, 5) is 29.5. The molecule has 2 aromatic rings. The Hall–Kier alpha value is -2.15. The molecule has 7 nitrogen and oxygen atoms in total. The van der Waals surface area contributed by atoms with Crippen LogP contribution in [0.15, 0.2) is 6.20 Å². The number of rotatable bonds is 3. The zero-order valence-electron chi connectivity index (χ0n) is 13.3. The van der Waals surface area contributed by atoms with Gasteiger partial charge in [0, 0.05) is 25.8 Å². The van der Waals surface area contributed by atoms with E-state index in [9.17, 15) is 4.79 Å². The van der Waals surface area contributed by atoms with Crippen LogP contribution in [0.4, 0.5) is 0 Å². The van der Waals surface area contributed by atoms with Crippen LogP contribution in [-0.2, 0) is 4.74 Å². The summed E-state index contributed by atoms with van der Waals surface area (Å²) in [7, 11) is 1.68. The molecule has 1 saturated heterocycles. The average molecular weight is 303 g/mol. The minimum absolute atomic E-state index is 0.0173. The second-order valence-electron chi connectivity index (χ2n) is 5.78. The number of H-pyrrole nitrogens is 2. The smallest absolute Gasteiger partial charge is 0.272 e. The van der Waals surface area contributed by atoms with Crippen molar-refractivity contribution >= 4 is 5.91 Å². The number of aryl methyl sites for hydroxylation is 3. The Morgan fingerprint density at radius 3 is 2.68 bits per heavy atom. The number of carbonyl (C=O) groups is 1. The van der Waals surface area contributed by atoms with Gasteiger partial charge in [-0.15, -0.1) is 0 Å². The summed E-state index contributed by atoms with van der Waals surface area (Å²) < 4.78 is 5.46. The molecule has 0 saturated carbocycles. The SMILES string of the molecule is CO[C@@H]1C[C@@H](c2nc(C)c(C)[nH]2)N(C(=O)c2cnc(C)[nH]2)C1. The third-order valence-corrected chi connectivity index (χ3v) is 4.25. The standard InChI is InChI=1S/C15H21N5O2/c1-8-9(2)18-14(17-8)13-5-11(22-4)7-20(13)15(21)12-6-16-10(3)19-12/h6,11,13H,5,7H2,1-4H3,(H,16,19)(H,17,18)/t11-,13+/m1/s1. The maximum atomic E-state index is 12.8. The lowest BCUT2D eigenvalue weighted by molar-refractivity contribution is 0.0679. The number of hydrogen-bond donors (Lipinski definition) is 2. The van der Waals surface area contributed by atoms with Gasteiger partial charge in [-0.2, -0.15) is 0 Å². The predicted octanol–water partition coefficient (Wildman–Crippen LogP) is 1.66. The molecule has 1 amide bonds. The van der Waals surface area contributed by atoms with E-state index < -0.39 is 0 Å². The number of amides is 1. The van der Waals surface area contributed by atoms with E-state index in [1.807, 2.05) is 20.8 Å². The van der Waals surface area contributed by atoms with Crippen LogP contribution in [-0.4, -0.2) is 50.5 Å². The zero-order valence-corrected chi connectivity index (χ0v) is 13.3. The van der Waals surface area contributed by atoms with E-state index in [1.54, 1.807) is 18.2 Å². The Kier molecular flexibility index (Phi) is 3.74. The molecule has 0 radical (unpaired) electrons. The van der Waals surface area contributed by atoms with Crippen molar-refractivity contribution in [3.05, 3.63) is 34.9 Å². The van der Waals surface area contributed by atoms with Crippen LogP contribution in [0, 0.1) is 20.8 Å². The molecule has 0 spiro atoms. The molecule has 1 aliphatic heterocycles. The number of aromatic nitrogens is 4. The first-order valence-electron chi connectivity index (χ1n) is 7.38. The molecular formula is C15H21N5O2. The summed E-state index contributed by atoms with van der Waals surface area (Å²) in [6.07, 6.45) is 2.33. The fourth-order valence-electron chi connectivity index (χ4n) is 2.87. The molecule has 7 heteroatoms. The molecule has 118 valence electrons. The van der Waals surface area contributed by atoms with Crippen molar-refractivity contribution in [2.75, 3.05) is 13.7 Å². The zero-order chi connectivity index (χ0) is 15.9. The normalized spacial score (nSPS) is 21.5. The van der Waals surface area contributed by atoms with Crippen LogP contribution >= 0.6 is 0 Å². The number of nitrogens with zero attached hydrogens (tertiary/aromatic N) is 3. The monoisotopic (exact) mass is 303 g/mol. The highest BCUT2D eigenvalue weighted by atomic mass is 16.5. The molecule has 2 atom stereocenters. The first-order chi connectivity index (χ1) is 10.5. The Bertz CT molecular complexity index is 670. The van der Waals surface area contributed by atoms with Crippen molar-refractivity contribution in [3.8, 4) is 0 Å². The molecular weight excluding hydrogens is 282 g/mol. The van der Waals surface area contributed by atoms with E-state index in [4.69, 9.17) is 4.74 Å². The quantitative estimate of drug-likeness (QED) is 0.903. The fraction of sp³-hybridized carbons (Fsp3) is 0.533. The number of carbonyl (C=O) groups excluding carboxylic acids is 1. The van der Waals surface area contributed by atoms with Crippen molar-refractivity contribution < 1.29 is 9.53 Å². The van der Waals surface area contributed by atoms with Gasteiger partial charge in [0.2, 0.25) is 0 Å². The van der Waals surface area contributed by atoms with Gasteiger partial charge in [0.25, 0.3) is 5.91 Å². The Balaban J connectivity index is 1.91. The summed E-state index contributed by atoms with van der Waals surface area (Å²) in [5.74, 6) is 1.48. The number of nitrogens with one attached hydrogen (secondary N) is 2. The van der Waals surface area contributed by atoms with Crippen molar-refractivity contribution in [1.29, 1.82) is 0 Å². The number of ether oxygens (including phenoxy) is 1. The molecule has 0 aliphatic carbocycles. The van der Waals surface area contributed by atoms with Gasteiger partial charge in [-0.3, -0.25) is 4.79 Å². The fourth-order valence-corrected chi connectivity index (χ4v) is 2.87. The van der Waals surface area contributed by atoms with E-state index in [0.717, 1.165) is 29.5 Å². The van der Waals surface area contributed by atoms with E-state index in [2.05, 4.69) is 19.9 Å². The predicted molar refractivity (Wildman–Crippen MR) is 80.6 cm³/mol. The van der Waals surface area contributed by atoms with Gasteiger partial charge in [0.05, 0.1) is 24.0 Å². The van der Waals surface area contributed by atoms with Crippen LogP contribution in [0.25, 0.3) is 0 Å². The maximum Gasteiger partial charge on any atom is 0.272 e. The summed E-state index contributed by atoms with van der Waals surface area (Å²) >= 11 is 0. The van der Waals surface area contributed by atoms with Crippen LogP contribution in [0.5, 0.6) is 0 Å². The lowest BCUT2D eigenvalue weighted by Gasteiger charge is -2.22. The molecule has 2 N–H and O–H groups in total. The van der Waals surface area contributed by atoms with E-state index >= 15 is 0 Å². The molecule has 1 fully saturated rings. The van der Waals surface area contributed by atoms with Crippen LogP contribution < -0.4 is 0 Å². The summed E-state index contributed by atoms with van der Waals surface area (Å²) in [5.41, 5.74) is 2.49. The number of likely N-dealkylation sites (tertiary alicyclic amines) is 1. The molecule has 0 unspecified atom stereocenters. The van der Waals surface area contributed by atoms with Gasteiger partial charge in [-0.25, -0.2) is 9.97 Å². The maximum absolute atomic E-state index is 12.8. The van der Waals surface area contributed by atoms with Gasteiger partial charge in [-0.1, -0.05) is 0 Å². The third-order valence-electron chi connectivity index (χ3n) is 4.25. The number of imidazole rings is 2. The first kappa shape index (κ1) is 14.8. The van der Waals surface area contributed by atoms with Gasteiger partial charge >= 0.3 is 0 Å². The molecule has 22 heavy (non-hydrogen) atoms. The molecule has 3 heterocycles. The van der Waals surface area contributed by atoms with Crippen molar-refractivity contribution in [3.63, 3.8) is 0 Å².